The van der Waals surface area contributed by atoms with Crippen molar-refractivity contribution in [2.75, 3.05) is 13.1 Å². The smallest absolute Gasteiger partial charge is 0.237 e. The zero-order valence-electron chi connectivity index (χ0n) is 15.5. The summed E-state index contributed by atoms with van der Waals surface area (Å²) in [6.07, 6.45) is 6.77. The number of amides is 2. The fraction of sp³-hybridized carbons (Fsp3) is 0.600. The van der Waals surface area contributed by atoms with Gasteiger partial charge < -0.3 is 10.6 Å². The summed E-state index contributed by atoms with van der Waals surface area (Å²) in [6, 6.07) is 4.14. The van der Waals surface area contributed by atoms with Crippen molar-refractivity contribution in [3.8, 4) is 0 Å². The predicted octanol–water partition coefficient (Wildman–Crippen LogP) is 3.01. The maximum Gasteiger partial charge on any atom is 0.237 e. The molecule has 5 nitrogen and oxygen atoms in total. The summed E-state index contributed by atoms with van der Waals surface area (Å²) in [5, 5.41) is 6.23. The lowest BCUT2D eigenvalue weighted by Gasteiger charge is -2.35. The van der Waals surface area contributed by atoms with E-state index in [4.69, 9.17) is 11.6 Å². The molecule has 0 unspecified atom stereocenters. The molecule has 0 radical (unpaired) electrons. The molecule has 148 valence electrons. The minimum Gasteiger partial charge on any atom is -0.353 e. The first-order valence-electron chi connectivity index (χ1n) is 9.78. The lowest BCUT2D eigenvalue weighted by molar-refractivity contribution is -0.134. The Morgan fingerprint density at radius 1 is 1.26 bits per heavy atom. The molecule has 0 bridgehead atoms. The van der Waals surface area contributed by atoms with E-state index in [1.807, 2.05) is 4.90 Å². The first-order valence-corrected chi connectivity index (χ1v) is 10.2. The van der Waals surface area contributed by atoms with Crippen LogP contribution in [0.15, 0.2) is 18.2 Å². The number of benzene rings is 1. The Labute approximate surface area is 164 Å². The fourth-order valence-electron chi connectivity index (χ4n) is 3.95. The molecular formula is C20H27ClFN3O2. The monoisotopic (exact) mass is 395 g/mol. The highest BCUT2D eigenvalue weighted by Crippen LogP contribution is 2.23. The second-order valence-corrected chi connectivity index (χ2v) is 7.84. The molecule has 1 heterocycles. The van der Waals surface area contributed by atoms with Crippen molar-refractivity contribution in [3.63, 3.8) is 0 Å². The topological polar surface area (TPSA) is 61.4 Å². The molecule has 1 saturated carbocycles. The molecule has 1 saturated heterocycles. The zero-order valence-corrected chi connectivity index (χ0v) is 16.2. The van der Waals surface area contributed by atoms with Crippen molar-refractivity contribution in [1.29, 1.82) is 0 Å². The Kier molecular flexibility index (Phi) is 7.07. The van der Waals surface area contributed by atoms with Gasteiger partial charge in [0.2, 0.25) is 11.8 Å². The van der Waals surface area contributed by atoms with Crippen molar-refractivity contribution in [2.45, 2.75) is 63.6 Å². The third kappa shape index (κ3) is 5.42. The molecule has 0 aromatic heterocycles. The van der Waals surface area contributed by atoms with E-state index in [1.54, 1.807) is 12.1 Å². The fourth-order valence-corrected chi connectivity index (χ4v) is 4.17. The highest BCUT2D eigenvalue weighted by atomic mass is 35.5. The average Bonchev–Trinajstić information content (AvgIpc) is 2.89. The van der Waals surface area contributed by atoms with Gasteiger partial charge in [-0.3, -0.25) is 14.5 Å². The summed E-state index contributed by atoms with van der Waals surface area (Å²) < 4.78 is 14.1. The van der Waals surface area contributed by atoms with E-state index in [0.29, 0.717) is 23.7 Å². The zero-order chi connectivity index (χ0) is 19.2. The summed E-state index contributed by atoms with van der Waals surface area (Å²) in [7, 11) is 0. The third-order valence-electron chi connectivity index (χ3n) is 5.46. The minimum absolute atomic E-state index is 0.0778. The molecular weight excluding hydrogens is 369 g/mol. The molecule has 0 spiro atoms. The molecule has 2 amide bonds. The molecule has 1 aliphatic carbocycles. The number of carbonyl (C=O) groups is 2. The van der Waals surface area contributed by atoms with Crippen LogP contribution in [-0.4, -0.2) is 41.9 Å². The van der Waals surface area contributed by atoms with Gasteiger partial charge in [0.05, 0.1) is 12.5 Å². The van der Waals surface area contributed by atoms with Crippen molar-refractivity contribution in [3.05, 3.63) is 34.6 Å². The van der Waals surface area contributed by atoms with Gasteiger partial charge in [-0.1, -0.05) is 43.4 Å². The first-order chi connectivity index (χ1) is 13.0. The molecule has 3 rings (SSSR count). The summed E-state index contributed by atoms with van der Waals surface area (Å²) >= 11 is 6.14. The quantitative estimate of drug-likeness (QED) is 0.753. The Morgan fingerprint density at radius 3 is 2.70 bits per heavy atom. The minimum atomic E-state index is -0.611. The van der Waals surface area contributed by atoms with E-state index < -0.39 is 11.9 Å². The second-order valence-electron chi connectivity index (χ2n) is 7.44. The van der Waals surface area contributed by atoms with Gasteiger partial charge in [-0.25, -0.2) is 4.39 Å². The molecule has 1 atom stereocenters. The largest absolute Gasteiger partial charge is 0.353 e. The normalized spacial score (nSPS) is 22.1. The molecule has 1 aromatic rings. The predicted molar refractivity (Wildman–Crippen MR) is 103 cm³/mol. The van der Waals surface area contributed by atoms with Crippen molar-refractivity contribution < 1.29 is 14.0 Å². The number of hydrogen-bond donors (Lipinski definition) is 2. The lowest BCUT2D eigenvalue weighted by Crippen LogP contribution is -2.56. The van der Waals surface area contributed by atoms with Gasteiger partial charge in [0.15, 0.2) is 0 Å². The number of halogens is 2. The number of carbonyl (C=O) groups excluding carboxylic acids is 2. The maximum absolute atomic E-state index is 14.1. The van der Waals surface area contributed by atoms with Gasteiger partial charge >= 0.3 is 0 Å². The second kappa shape index (κ2) is 9.51. The van der Waals surface area contributed by atoms with Gasteiger partial charge in [-0.15, -0.1) is 0 Å². The standard InChI is InChI=1S/C20H27ClFN3O2/c21-16-8-5-9-17(22)15(16)13-25-11-10-23-20(27)18(25)12-19(26)24-14-6-3-1-2-4-7-14/h5,8-9,14,18H,1-4,6-7,10-13H2,(H,23,27)(H,24,26)/t18-/m1/s1. The van der Waals surface area contributed by atoms with Crippen LogP contribution < -0.4 is 10.6 Å². The van der Waals surface area contributed by atoms with E-state index in [9.17, 15) is 14.0 Å². The van der Waals surface area contributed by atoms with Crippen LogP contribution >= 0.6 is 11.6 Å². The van der Waals surface area contributed by atoms with Crippen LogP contribution in [-0.2, 0) is 16.1 Å². The van der Waals surface area contributed by atoms with Gasteiger partial charge in [-0.05, 0) is 25.0 Å². The van der Waals surface area contributed by atoms with Crippen molar-refractivity contribution >= 4 is 23.4 Å². The molecule has 27 heavy (non-hydrogen) atoms. The van der Waals surface area contributed by atoms with E-state index >= 15 is 0 Å². The number of piperazine rings is 1. The number of rotatable bonds is 5. The first kappa shape index (κ1) is 20.1. The van der Waals surface area contributed by atoms with Crippen molar-refractivity contribution in [1.82, 2.24) is 15.5 Å². The highest BCUT2D eigenvalue weighted by Gasteiger charge is 2.33. The maximum atomic E-state index is 14.1. The summed E-state index contributed by atoms with van der Waals surface area (Å²) in [5.74, 6) is -0.701. The third-order valence-corrected chi connectivity index (χ3v) is 5.82. The highest BCUT2D eigenvalue weighted by molar-refractivity contribution is 6.31. The van der Waals surface area contributed by atoms with E-state index in [1.165, 1.54) is 18.9 Å². The van der Waals surface area contributed by atoms with Crippen LogP contribution in [0.3, 0.4) is 0 Å². The summed E-state index contributed by atoms with van der Waals surface area (Å²) in [5.41, 5.74) is 0.364. The van der Waals surface area contributed by atoms with E-state index in [-0.39, 0.29) is 30.8 Å². The van der Waals surface area contributed by atoms with E-state index in [2.05, 4.69) is 10.6 Å². The number of nitrogens with zero attached hydrogens (tertiary/aromatic N) is 1. The Morgan fingerprint density at radius 2 is 2.00 bits per heavy atom. The molecule has 1 aliphatic heterocycles. The lowest BCUT2D eigenvalue weighted by atomic mass is 10.0. The van der Waals surface area contributed by atoms with Gasteiger partial charge in [0.1, 0.15) is 5.82 Å². The summed E-state index contributed by atoms with van der Waals surface area (Å²) in [6.45, 7) is 1.24. The Hall–Kier alpha value is -1.66. The number of nitrogens with one attached hydrogen (secondary N) is 2. The molecule has 2 fully saturated rings. The van der Waals surface area contributed by atoms with Gasteiger partial charge in [-0.2, -0.15) is 0 Å². The van der Waals surface area contributed by atoms with Crippen LogP contribution in [0.4, 0.5) is 4.39 Å². The average molecular weight is 396 g/mol. The van der Waals surface area contributed by atoms with Crippen LogP contribution in [0.1, 0.15) is 50.5 Å². The van der Waals surface area contributed by atoms with Gasteiger partial charge in [0, 0.05) is 36.3 Å². The molecule has 2 aliphatic rings. The van der Waals surface area contributed by atoms with E-state index in [0.717, 1.165) is 25.7 Å². The van der Waals surface area contributed by atoms with Crippen LogP contribution in [0.25, 0.3) is 0 Å². The molecule has 7 heteroatoms. The van der Waals surface area contributed by atoms with Crippen LogP contribution in [0.2, 0.25) is 5.02 Å². The molecule has 2 N–H and O–H groups in total. The number of hydrogen-bond acceptors (Lipinski definition) is 3. The van der Waals surface area contributed by atoms with Gasteiger partial charge in [0.25, 0.3) is 0 Å². The summed E-state index contributed by atoms with van der Waals surface area (Å²) in [4.78, 5) is 26.8. The van der Waals surface area contributed by atoms with Crippen LogP contribution in [0.5, 0.6) is 0 Å². The Balaban J connectivity index is 1.65. The van der Waals surface area contributed by atoms with Crippen molar-refractivity contribution in [2.24, 2.45) is 0 Å². The van der Waals surface area contributed by atoms with Crippen LogP contribution in [0, 0.1) is 5.82 Å². The molecule has 1 aromatic carbocycles. The Bertz CT molecular complexity index is 657. The SMILES string of the molecule is O=C(C[C@@H]1C(=O)NCCN1Cc1c(F)cccc1Cl)NC1CCCCCC1.